The van der Waals surface area contributed by atoms with E-state index in [-0.39, 0.29) is 11.3 Å². The first kappa shape index (κ1) is 13.7. The number of rotatable bonds is 3. The molecule has 106 valence electrons. The number of halogens is 1. The Bertz CT molecular complexity index is 847. The van der Waals surface area contributed by atoms with Gasteiger partial charge in [0.1, 0.15) is 0 Å². The van der Waals surface area contributed by atoms with Crippen LogP contribution in [0.5, 0.6) is 0 Å². The van der Waals surface area contributed by atoms with Crippen molar-refractivity contribution in [3.05, 3.63) is 47.0 Å². The number of fused-ring (bicyclic) bond motifs is 1. The summed E-state index contributed by atoms with van der Waals surface area (Å²) in [6.07, 6.45) is 0. The fraction of sp³-hybridized carbons (Fsp3) is 0. The van der Waals surface area contributed by atoms with E-state index in [4.69, 9.17) is 22.4 Å². The zero-order chi connectivity index (χ0) is 15.0. The van der Waals surface area contributed by atoms with E-state index in [0.29, 0.717) is 15.8 Å². The van der Waals surface area contributed by atoms with Crippen molar-refractivity contribution >= 4 is 55.6 Å². The molecule has 21 heavy (non-hydrogen) atoms. The van der Waals surface area contributed by atoms with Crippen LogP contribution in [0.4, 0.5) is 16.5 Å². The van der Waals surface area contributed by atoms with Crippen molar-refractivity contribution in [2.24, 2.45) is 0 Å². The largest absolute Gasteiger partial charge is 0.478 e. The van der Waals surface area contributed by atoms with Gasteiger partial charge in [-0.2, -0.15) is 0 Å². The first-order chi connectivity index (χ1) is 10.0. The molecule has 4 N–H and O–H groups in total. The Morgan fingerprint density at radius 2 is 2.10 bits per heavy atom. The molecule has 0 saturated heterocycles. The molecule has 0 amide bonds. The van der Waals surface area contributed by atoms with Gasteiger partial charge in [0.05, 0.1) is 15.8 Å². The summed E-state index contributed by atoms with van der Waals surface area (Å²) >= 11 is 7.38. The Hall–Kier alpha value is -2.31. The van der Waals surface area contributed by atoms with Crippen LogP contribution in [0.25, 0.3) is 10.2 Å². The summed E-state index contributed by atoms with van der Waals surface area (Å²) in [5.41, 5.74) is 7.36. The average Bonchev–Trinajstić information content (AvgIpc) is 2.82. The minimum atomic E-state index is -1.06. The standard InChI is InChI=1S/C14H10ClN3O2S/c15-7-1-4-11-12(5-7)21-14(18-11)17-8-2-3-10(16)9(6-8)13(19)20/h1-6H,16H2,(H,17,18)(H,19,20). The van der Waals surface area contributed by atoms with Crippen LogP contribution < -0.4 is 11.1 Å². The minimum Gasteiger partial charge on any atom is -0.478 e. The molecule has 0 saturated carbocycles. The van der Waals surface area contributed by atoms with Gasteiger partial charge in [0.15, 0.2) is 5.13 Å². The van der Waals surface area contributed by atoms with Crippen LogP contribution in [0.15, 0.2) is 36.4 Å². The first-order valence-corrected chi connectivity index (χ1v) is 7.18. The number of nitrogen functional groups attached to an aromatic ring is 1. The first-order valence-electron chi connectivity index (χ1n) is 5.99. The number of hydrogen-bond acceptors (Lipinski definition) is 5. The summed E-state index contributed by atoms with van der Waals surface area (Å²) in [6, 6.07) is 10.2. The van der Waals surface area contributed by atoms with Crippen LogP contribution in [-0.2, 0) is 0 Å². The second kappa shape index (κ2) is 5.23. The summed E-state index contributed by atoms with van der Waals surface area (Å²) in [5.74, 6) is -1.06. The molecule has 0 bridgehead atoms. The molecule has 3 rings (SSSR count). The molecular formula is C14H10ClN3O2S. The van der Waals surface area contributed by atoms with E-state index in [2.05, 4.69) is 10.3 Å². The second-order valence-corrected chi connectivity index (χ2v) is 5.83. The molecule has 0 aliphatic heterocycles. The maximum atomic E-state index is 11.1. The van der Waals surface area contributed by atoms with Crippen molar-refractivity contribution in [3.63, 3.8) is 0 Å². The number of nitrogens with zero attached hydrogens (tertiary/aromatic N) is 1. The van der Waals surface area contributed by atoms with Gasteiger partial charge in [0.2, 0.25) is 0 Å². The highest BCUT2D eigenvalue weighted by Gasteiger charge is 2.10. The van der Waals surface area contributed by atoms with Crippen molar-refractivity contribution in [1.82, 2.24) is 4.98 Å². The number of hydrogen-bond donors (Lipinski definition) is 3. The number of anilines is 3. The van der Waals surface area contributed by atoms with E-state index < -0.39 is 5.97 Å². The number of carboxylic acids is 1. The van der Waals surface area contributed by atoms with Gasteiger partial charge in [-0.15, -0.1) is 0 Å². The highest BCUT2D eigenvalue weighted by molar-refractivity contribution is 7.22. The van der Waals surface area contributed by atoms with Gasteiger partial charge in [0, 0.05) is 16.4 Å². The van der Waals surface area contributed by atoms with E-state index in [1.165, 1.54) is 17.4 Å². The number of nitrogens with one attached hydrogen (secondary N) is 1. The number of thiazole rings is 1. The third kappa shape index (κ3) is 2.76. The molecule has 0 radical (unpaired) electrons. The third-order valence-electron chi connectivity index (χ3n) is 2.89. The molecule has 1 aromatic heterocycles. The molecule has 0 spiro atoms. The lowest BCUT2D eigenvalue weighted by atomic mass is 10.1. The lowest BCUT2D eigenvalue weighted by molar-refractivity contribution is 0.0698. The maximum Gasteiger partial charge on any atom is 0.337 e. The Morgan fingerprint density at radius 3 is 2.86 bits per heavy atom. The highest BCUT2D eigenvalue weighted by atomic mass is 35.5. The molecular weight excluding hydrogens is 310 g/mol. The molecule has 0 aliphatic rings. The number of carbonyl (C=O) groups is 1. The number of carboxylic acid groups (broad SMARTS) is 1. The summed E-state index contributed by atoms with van der Waals surface area (Å²) in [4.78, 5) is 15.5. The lowest BCUT2D eigenvalue weighted by Crippen LogP contribution is -2.03. The summed E-state index contributed by atoms with van der Waals surface area (Å²) < 4.78 is 0.957. The van der Waals surface area contributed by atoms with Gasteiger partial charge < -0.3 is 16.2 Å². The average molecular weight is 320 g/mol. The molecule has 0 unspecified atom stereocenters. The van der Waals surface area contributed by atoms with E-state index in [1.807, 2.05) is 12.1 Å². The van der Waals surface area contributed by atoms with E-state index >= 15 is 0 Å². The Balaban J connectivity index is 1.94. The van der Waals surface area contributed by atoms with Crippen LogP contribution in [0.1, 0.15) is 10.4 Å². The fourth-order valence-electron chi connectivity index (χ4n) is 1.89. The van der Waals surface area contributed by atoms with Crippen LogP contribution in [0.2, 0.25) is 5.02 Å². The van der Waals surface area contributed by atoms with Crippen molar-refractivity contribution in [1.29, 1.82) is 0 Å². The Morgan fingerprint density at radius 1 is 1.29 bits per heavy atom. The van der Waals surface area contributed by atoms with Gasteiger partial charge in [-0.25, -0.2) is 9.78 Å². The van der Waals surface area contributed by atoms with Gasteiger partial charge in [-0.3, -0.25) is 0 Å². The van der Waals surface area contributed by atoms with E-state index in [0.717, 1.165) is 10.2 Å². The van der Waals surface area contributed by atoms with Crippen LogP contribution >= 0.6 is 22.9 Å². The molecule has 2 aromatic carbocycles. The summed E-state index contributed by atoms with van der Waals surface area (Å²) in [7, 11) is 0. The minimum absolute atomic E-state index is 0.0594. The van der Waals surface area contributed by atoms with Gasteiger partial charge >= 0.3 is 5.97 Å². The molecule has 7 heteroatoms. The molecule has 0 aliphatic carbocycles. The maximum absolute atomic E-state index is 11.1. The second-order valence-electron chi connectivity index (χ2n) is 4.36. The molecule has 0 fully saturated rings. The zero-order valence-electron chi connectivity index (χ0n) is 10.6. The molecule has 5 nitrogen and oxygen atoms in total. The number of benzene rings is 2. The quantitative estimate of drug-likeness (QED) is 0.636. The van der Waals surface area contributed by atoms with Crippen molar-refractivity contribution in [3.8, 4) is 0 Å². The third-order valence-corrected chi connectivity index (χ3v) is 4.05. The lowest BCUT2D eigenvalue weighted by Gasteiger charge is -2.05. The topological polar surface area (TPSA) is 88.2 Å². The summed E-state index contributed by atoms with van der Waals surface area (Å²) in [5, 5.41) is 13.5. The molecule has 3 aromatic rings. The van der Waals surface area contributed by atoms with E-state index in [9.17, 15) is 4.79 Å². The Kier molecular flexibility index (Phi) is 3.40. The van der Waals surface area contributed by atoms with Gasteiger partial charge in [-0.1, -0.05) is 22.9 Å². The molecule has 0 atom stereocenters. The predicted octanol–water partition coefficient (Wildman–Crippen LogP) is 3.97. The number of aromatic carboxylic acids is 1. The van der Waals surface area contributed by atoms with Crippen molar-refractivity contribution in [2.75, 3.05) is 11.1 Å². The predicted molar refractivity (Wildman–Crippen MR) is 85.7 cm³/mol. The number of aromatic nitrogens is 1. The van der Waals surface area contributed by atoms with Crippen LogP contribution in [0.3, 0.4) is 0 Å². The SMILES string of the molecule is Nc1ccc(Nc2nc3ccc(Cl)cc3s2)cc1C(=O)O. The zero-order valence-corrected chi connectivity index (χ0v) is 12.2. The van der Waals surface area contributed by atoms with E-state index in [1.54, 1.807) is 18.2 Å². The molecule has 1 heterocycles. The number of nitrogens with two attached hydrogens (primary N) is 1. The normalized spacial score (nSPS) is 10.7. The fourth-order valence-corrected chi connectivity index (χ4v) is 3.06. The highest BCUT2D eigenvalue weighted by Crippen LogP contribution is 2.30. The monoisotopic (exact) mass is 319 g/mol. The van der Waals surface area contributed by atoms with Crippen molar-refractivity contribution in [2.45, 2.75) is 0 Å². The smallest absolute Gasteiger partial charge is 0.337 e. The van der Waals surface area contributed by atoms with Crippen LogP contribution in [-0.4, -0.2) is 16.1 Å². The summed E-state index contributed by atoms with van der Waals surface area (Å²) in [6.45, 7) is 0. The van der Waals surface area contributed by atoms with Gasteiger partial charge in [0.25, 0.3) is 0 Å². The van der Waals surface area contributed by atoms with Gasteiger partial charge in [-0.05, 0) is 36.4 Å². The van der Waals surface area contributed by atoms with Crippen molar-refractivity contribution < 1.29 is 9.90 Å². The van der Waals surface area contributed by atoms with Crippen LogP contribution in [0, 0.1) is 0 Å². The Labute approximate surface area is 129 Å².